The highest BCUT2D eigenvalue weighted by Crippen LogP contribution is 2.26. The molecule has 0 N–H and O–H groups in total. The lowest BCUT2D eigenvalue weighted by molar-refractivity contribution is 0.102. The summed E-state index contributed by atoms with van der Waals surface area (Å²) in [5, 5.41) is 0. The van der Waals surface area contributed by atoms with Crippen LogP contribution in [0.15, 0.2) is 18.2 Å². The lowest BCUT2D eigenvalue weighted by Crippen LogP contribution is -2.24. The van der Waals surface area contributed by atoms with Crippen molar-refractivity contribution in [2.24, 2.45) is 0 Å². The van der Waals surface area contributed by atoms with Gasteiger partial charge in [-0.15, -0.1) is 11.6 Å². The van der Waals surface area contributed by atoms with Crippen molar-refractivity contribution in [2.75, 3.05) is 24.4 Å². The quantitative estimate of drug-likeness (QED) is 0.567. The zero-order valence-corrected chi connectivity index (χ0v) is 9.55. The van der Waals surface area contributed by atoms with Crippen molar-refractivity contribution in [1.29, 1.82) is 0 Å². The van der Waals surface area contributed by atoms with Crippen molar-refractivity contribution in [3.05, 3.63) is 29.3 Å². The largest absolute Gasteiger partial charge is 0.374 e. The number of rotatable bonds is 2. The summed E-state index contributed by atoms with van der Waals surface area (Å²) in [7, 11) is 2.08. The molecule has 0 spiro atoms. The zero-order valence-electron chi connectivity index (χ0n) is 8.79. The average Bonchev–Trinajstić information content (AvgIpc) is 2.28. The first-order valence-corrected chi connectivity index (χ1v) is 5.69. The molecule has 80 valence electrons. The molecule has 0 saturated carbocycles. The highest BCUT2D eigenvalue weighted by molar-refractivity contribution is 6.30. The second kappa shape index (κ2) is 4.23. The Kier molecular flexibility index (Phi) is 2.96. The van der Waals surface area contributed by atoms with Crippen molar-refractivity contribution in [2.45, 2.75) is 12.8 Å². The third-order valence-electron chi connectivity index (χ3n) is 2.87. The maximum absolute atomic E-state index is 11.4. The van der Waals surface area contributed by atoms with Gasteiger partial charge in [0, 0.05) is 24.8 Å². The highest BCUT2D eigenvalue weighted by atomic mass is 35.5. The second-order valence-corrected chi connectivity index (χ2v) is 4.19. The minimum Gasteiger partial charge on any atom is -0.374 e. The topological polar surface area (TPSA) is 20.3 Å². The third kappa shape index (κ3) is 2.00. The number of anilines is 1. The summed E-state index contributed by atoms with van der Waals surface area (Å²) in [6, 6.07) is 5.87. The van der Waals surface area contributed by atoms with E-state index in [-0.39, 0.29) is 11.7 Å². The number of Topliss-reactive ketones (excluding diaryl/α,β-unsaturated/α-hetero) is 1. The van der Waals surface area contributed by atoms with Crippen LogP contribution in [0.5, 0.6) is 0 Å². The van der Waals surface area contributed by atoms with Crippen LogP contribution in [0, 0.1) is 0 Å². The summed E-state index contributed by atoms with van der Waals surface area (Å²) in [4.78, 5) is 13.7. The molecule has 0 fully saturated rings. The Labute approximate surface area is 94.8 Å². The monoisotopic (exact) mass is 223 g/mol. The Bertz CT molecular complexity index is 389. The predicted octanol–water partition coefficient (Wildman–Crippen LogP) is 2.49. The summed E-state index contributed by atoms with van der Waals surface area (Å²) in [6.45, 7) is 1.09. The molecule has 1 aliphatic rings. The highest BCUT2D eigenvalue weighted by Gasteiger charge is 2.15. The fourth-order valence-electron chi connectivity index (χ4n) is 2.04. The Morgan fingerprint density at radius 3 is 3.07 bits per heavy atom. The smallest absolute Gasteiger partial charge is 0.177 e. The number of alkyl halides is 1. The molecule has 0 atom stereocenters. The Morgan fingerprint density at radius 2 is 2.33 bits per heavy atom. The van der Waals surface area contributed by atoms with Gasteiger partial charge in [0.25, 0.3) is 0 Å². The lowest BCUT2D eigenvalue weighted by atomic mass is 9.98. The van der Waals surface area contributed by atoms with Crippen molar-refractivity contribution in [3.63, 3.8) is 0 Å². The summed E-state index contributed by atoms with van der Waals surface area (Å²) in [5.41, 5.74) is 3.24. The number of aryl methyl sites for hydroxylation is 1. The second-order valence-electron chi connectivity index (χ2n) is 3.93. The molecule has 1 aromatic carbocycles. The van der Waals surface area contributed by atoms with Gasteiger partial charge in [0.2, 0.25) is 0 Å². The first-order chi connectivity index (χ1) is 7.22. The van der Waals surface area contributed by atoms with Crippen LogP contribution < -0.4 is 4.90 Å². The standard InChI is InChI=1S/C12H14ClNO/c1-14-6-2-3-9-7-10(12(15)8-13)4-5-11(9)14/h4-5,7H,2-3,6,8H2,1H3. The van der Waals surface area contributed by atoms with Crippen LogP contribution in [0.25, 0.3) is 0 Å². The number of halogens is 1. The molecule has 0 radical (unpaired) electrons. The summed E-state index contributed by atoms with van der Waals surface area (Å²) in [6.07, 6.45) is 2.21. The number of hydrogen-bond acceptors (Lipinski definition) is 2. The molecule has 0 saturated heterocycles. The van der Waals surface area contributed by atoms with E-state index < -0.39 is 0 Å². The van der Waals surface area contributed by atoms with E-state index in [1.807, 2.05) is 18.2 Å². The summed E-state index contributed by atoms with van der Waals surface area (Å²) >= 11 is 5.54. The van der Waals surface area contributed by atoms with Crippen LogP contribution in [0.4, 0.5) is 5.69 Å². The third-order valence-corrected chi connectivity index (χ3v) is 3.12. The Balaban J connectivity index is 2.37. The molecule has 0 unspecified atom stereocenters. The van der Waals surface area contributed by atoms with E-state index in [0.29, 0.717) is 0 Å². The van der Waals surface area contributed by atoms with E-state index in [9.17, 15) is 4.79 Å². The summed E-state index contributed by atoms with van der Waals surface area (Å²) in [5.74, 6) is 0.0712. The number of carbonyl (C=O) groups excluding carboxylic acids is 1. The number of carbonyl (C=O) groups is 1. The van der Waals surface area contributed by atoms with Crippen LogP contribution in [0.1, 0.15) is 22.3 Å². The number of benzene rings is 1. The van der Waals surface area contributed by atoms with Crippen LogP contribution in [0.2, 0.25) is 0 Å². The van der Waals surface area contributed by atoms with E-state index in [4.69, 9.17) is 11.6 Å². The molecule has 2 rings (SSSR count). The maximum Gasteiger partial charge on any atom is 0.177 e. The van der Waals surface area contributed by atoms with E-state index in [1.165, 1.54) is 11.3 Å². The van der Waals surface area contributed by atoms with Gasteiger partial charge >= 0.3 is 0 Å². The summed E-state index contributed by atoms with van der Waals surface area (Å²) < 4.78 is 0. The minimum absolute atomic E-state index is 0.00712. The molecular formula is C12H14ClNO. The molecular weight excluding hydrogens is 210 g/mol. The van der Waals surface area contributed by atoms with E-state index in [1.54, 1.807) is 0 Å². The molecule has 3 heteroatoms. The SMILES string of the molecule is CN1CCCc2cc(C(=O)CCl)ccc21. The molecule has 1 aromatic rings. The normalized spacial score (nSPS) is 14.9. The van der Waals surface area contributed by atoms with Crippen LogP contribution in [-0.2, 0) is 6.42 Å². The van der Waals surface area contributed by atoms with Crippen molar-refractivity contribution in [3.8, 4) is 0 Å². The van der Waals surface area contributed by atoms with Crippen LogP contribution >= 0.6 is 11.6 Å². The van der Waals surface area contributed by atoms with Crippen molar-refractivity contribution < 1.29 is 4.79 Å². The van der Waals surface area contributed by atoms with Crippen molar-refractivity contribution >= 4 is 23.1 Å². The van der Waals surface area contributed by atoms with E-state index >= 15 is 0 Å². The predicted molar refractivity (Wildman–Crippen MR) is 63.1 cm³/mol. The van der Waals surface area contributed by atoms with E-state index in [0.717, 1.165) is 24.9 Å². The van der Waals surface area contributed by atoms with Crippen LogP contribution in [-0.4, -0.2) is 25.3 Å². The molecule has 0 bridgehead atoms. The fraction of sp³-hybridized carbons (Fsp3) is 0.417. The van der Waals surface area contributed by atoms with Crippen LogP contribution in [0.3, 0.4) is 0 Å². The Morgan fingerprint density at radius 1 is 1.53 bits per heavy atom. The lowest BCUT2D eigenvalue weighted by Gasteiger charge is -2.27. The van der Waals surface area contributed by atoms with E-state index in [2.05, 4.69) is 11.9 Å². The molecule has 0 aromatic heterocycles. The number of hydrogen-bond donors (Lipinski definition) is 0. The van der Waals surface area contributed by atoms with Gasteiger partial charge in [0.15, 0.2) is 5.78 Å². The van der Waals surface area contributed by atoms with Gasteiger partial charge in [0.05, 0.1) is 5.88 Å². The first kappa shape index (κ1) is 10.5. The zero-order chi connectivity index (χ0) is 10.8. The maximum atomic E-state index is 11.4. The Hall–Kier alpha value is -1.02. The average molecular weight is 224 g/mol. The number of fused-ring (bicyclic) bond motifs is 1. The van der Waals surface area contributed by atoms with Gasteiger partial charge in [-0.3, -0.25) is 4.79 Å². The number of nitrogens with zero attached hydrogens (tertiary/aromatic N) is 1. The number of ketones is 1. The first-order valence-electron chi connectivity index (χ1n) is 5.15. The van der Waals surface area contributed by atoms with Gasteiger partial charge in [0.1, 0.15) is 0 Å². The van der Waals surface area contributed by atoms with Gasteiger partial charge in [-0.25, -0.2) is 0 Å². The van der Waals surface area contributed by atoms with Gasteiger partial charge in [-0.05, 0) is 36.6 Å². The minimum atomic E-state index is 0.00712. The molecule has 2 nitrogen and oxygen atoms in total. The molecule has 0 aliphatic carbocycles. The van der Waals surface area contributed by atoms with Crippen molar-refractivity contribution in [1.82, 2.24) is 0 Å². The fourth-order valence-corrected chi connectivity index (χ4v) is 2.19. The van der Waals surface area contributed by atoms with Gasteiger partial charge < -0.3 is 4.90 Å². The molecule has 1 aliphatic heterocycles. The molecule has 15 heavy (non-hydrogen) atoms. The molecule has 0 amide bonds. The van der Waals surface area contributed by atoms with Gasteiger partial charge in [-0.2, -0.15) is 0 Å². The van der Waals surface area contributed by atoms with Gasteiger partial charge in [-0.1, -0.05) is 0 Å². The molecule has 1 heterocycles.